The van der Waals surface area contributed by atoms with Gasteiger partial charge in [0.25, 0.3) is 0 Å². The molecule has 46 heavy (non-hydrogen) atoms. The number of allylic oxidation sites excluding steroid dienone is 2. The minimum absolute atomic E-state index is 0.0161. The predicted octanol–water partition coefficient (Wildman–Crippen LogP) is 6.45. The number of aromatic nitrogens is 3. The Morgan fingerprint density at radius 2 is 1.89 bits per heavy atom. The molecule has 0 radical (unpaired) electrons. The second-order valence-corrected chi connectivity index (χ2v) is 12.0. The lowest BCUT2D eigenvalue weighted by Gasteiger charge is -2.40. The average molecular weight is 647 g/mol. The molecule has 12 heteroatoms. The second-order valence-electron chi connectivity index (χ2n) is 10.4. The normalized spacial score (nSPS) is 18.7. The van der Waals surface area contributed by atoms with Gasteiger partial charge in [0, 0.05) is 22.4 Å². The van der Waals surface area contributed by atoms with Crippen LogP contribution in [0.3, 0.4) is 0 Å². The lowest BCUT2D eigenvalue weighted by Crippen LogP contribution is -2.47. The van der Waals surface area contributed by atoms with Crippen LogP contribution in [0, 0.1) is 28.8 Å². The highest BCUT2D eigenvalue weighted by Crippen LogP contribution is 2.42. The fraction of sp³-hybridized carbons (Fsp3) is 0.235. The van der Waals surface area contributed by atoms with E-state index < -0.39 is 40.6 Å². The highest BCUT2D eigenvalue weighted by Gasteiger charge is 2.47. The summed E-state index contributed by atoms with van der Waals surface area (Å²) in [5.74, 6) is -2.83. The first-order valence-corrected chi connectivity index (χ1v) is 15.2. The van der Waals surface area contributed by atoms with Crippen LogP contribution < -0.4 is 0 Å². The summed E-state index contributed by atoms with van der Waals surface area (Å²) >= 11 is 1.37. The molecular weight excluding hydrogens is 617 g/mol. The standard InChI is InChI=1S/C34H29F3N4O4S/c1-23(46-28-18-43-32(44-19-28)10-6-5-7-25-12-11-24(17-38)15-30(25)36)34(20-41-22-39-21-40-41,29-14-13-27(35)16-31(29)37)45-33(42)26-8-3-2-4-9-26/h2-16,21-23,28,32H,18-20H2,1H3/b7-5+,10-6+/t23?,28?,32?,34-/m1/s1. The van der Waals surface area contributed by atoms with E-state index in [4.69, 9.17) is 19.5 Å². The zero-order chi connectivity index (χ0) is 32.5. The molecule has 1 fully saturated rings. The minimum atomic E-state index is -1.65. The van der Waals surface area contributed by atoms with Gasteiger partial charge in [0.15, 0.2) is 11.9 Å². The van der Waals surface area contributed by atoms with E-state index in [-0.39, 0.29) is 41.7 Å². The van der Waals surface area contributed by atoms with Crippen molar-refractivity contribution in [3.8, 4) is 6.07 Å². The maximum Gasteiger partial charge on any atom is 0.339 e. The van der Waals surface area contributed by atoms with Crippen LogP contribution in [-0.4, -0.2) is 50.7 Å². The molecule has 0 N–H and O–H groups in total. The molecule has 1 unspecified atom stereocenters. The summed E-state index contributed by atoms with van der Waals surface area (Å²) in [7, 11) is 0. The van der Waals surface area contributed by atoms with Crippen LogP contribution in [0.1, 0.15) is 34.0 Å². The zero-order valence-electron chi connectivity index (χ0n) is 24.6. The first-order valence-electron chi connectivity index (χ1n) is 14.3. The van der Waals surface area contributed by atoms with Crippen molar-refractivity contribution in [1.29, 1.82) is 5.26 Å². The van der Waals surface area contributed by atoms with Crippen LogP contribution in [0.2, 0.25) is 0 Å². The number of carbonyl (C=O) groups is 1. The number of rotatable bonds is 11. The van der Waals surface area contributed by atoms with Gasteiger partial charge in [-0.25, -0.2) is 27.6 Å². The number of nitriles is 1. The third-order valence-electron chi connectivity index (χ3n) is 7.27. The van der Waals surface area contributed by atoms with Crippen LogP contribution in [0.25, 0.3) is 6.08 Å². The molecule has 1 aromatic heterocycles. The number of carbonyl (C=O) groups excluding carboxylic acids is 1. The number of esters is 1. The number of benzene rings is 3. The molecule has 2 atom stereocenters. The topological polar surface area (TPSA) is 99.3 Å². The summed E-state index contributed by atoms with van der Waals surface area (Å²) in [5.41, 5.74) is -0.827. The quantitative estimate of drug-likeness (QED) is 0.135. The van der Waals surface area contributed by atoms with Gasteiger partial charge in [0.1, 0.15) is 30.1 Å². The number of nitrogens with zero attached hydrogens (tertiary/aromatic N) is 4. The van der Waals surface area contributed by atoms with E-state index in [1.54, 1.807) is 61.6 Å². The molecule has 236 valence electrons. The van der Waals surface area contributed by atoms with Crippen molar-refractivity contribution in [2.45, 2.75) is 35.9 Å². The van der Waals surface area contributed by atoms with Crippen LogP contribution in [0.5, 0.6) is 0 Å². The van der Waals surface area contributed by atoms with Crippen LogP contribution in [0.4, 0.5) is 13.2 Å². The summed E-state index contributed by atoms with van der Waals surface area (Å²) in [4.78, 5) is 17.5. The fourth-order valence-electron chi connectivity index (χ4n) is 4.92. The Morgan fingerprint density at radius 1 is 1.11 bits per heavy atom. The zero-order valence-corrected chi connectivity index (χ0v) is 25.4. The molecular formula is C34H29F3N4O4S. The lowest BCUT2D eigenvalue weighted by atomic mass is 9.89. The molecule has 1 saturated heterocycles. The smallest absolute Gasteiger partial charge is 0.339 e. The molecule has 1 aliphatic rings. The molecule has 0 aliphatic carbocycles. The fourth-order valence-corrected chi connectivity index (χ4v) is 6.29. The van der Waals surface area contributed by atoms with Crippen molar-refractivity contribution in [3.05, 3.63) is 137 Å². The van der Waals surface area contributed by atoms with Crippen molar-refractivity contribution in [2.24, 2.45) is 0 Å². The van der Waals surface area contributed by atoms with Gasteiger partial charge in [0.2, 0.25) is 0 Å². The summed E-state index contributed by atoms with van der Waals surface area (Å²) in [5, 5.41) is 12.2. The Bertz CT molecular complexity index is 1740. The summed E-state index contributed by atoms with van der Waals surface area (Å²) in [6.07, 6.45) is 8.63. The van der Waals surface area contributed by atoms with E-state index in [0.717, 1.165) is 12.1 Å². The first kappa shape index (κ1) is 32.7. The van der Waals surface area contributed by atoms with E-state index in [2.05, 4.69) is 10.1 Å². The number of thioether (sulfide) groups is 1. The third kappa shape index (κ3) is 7.92. The lowest BCUT2D eigenvalue weighted by molar-refractivity contribution is -0.146. The summed E-state index contributed by atoms with van der Waals surface area (Å²) in [6.45, 7) is 2.21. The third-order valence-corrected chi connectivity index (χ3v) is 8.71. The van der Waals surface area contributed by atoms with E-state index in [1.807, 2.05) is 6.07 Å². The van der Waals surface area contributed by atoms with E-state index >= 15 is 4.39 Å². The van der Waals surface area contributed by atoms with Crippen molar-refractivity contribution in [1.82, 2.24) is 14.8 Å². The molecule has 5 rings (SSSR count). The predicted molar refractivity (Wildman–Crippen MR) is 166 cm³/mol. The Kier molecular flexibility index (Phi) is 10.7. The van der Waals surface area contributed by atoms with Crippen molar-refractivity contribution in [3.63, 3.8) is 0 Å². The van der Waals surface area contributed by atoms with E-state index in [1.165, 1.54) is 53.4 Å². The Morgan fingerprint density at radius 3 is 2.57 bits per heavy atom. The first-order chi connectivity index (χ1) is 22.3. The molecule has 3 aromatic carbocycles. The average Bonchev–Trinajstić information content (AvgIpc) is 3.57. The van der Waals surface area contributed by atoms with Crippen molar-refractivity contribution < 1.29 is 32.2 Å². The van der Waals surface area contributed by atoms with E-state index in [0.29, 0.717) is 5.56 Å². The molecule has 2 heterocycles. The molecule has 0 saturated carbocycles. The largest absolute Gasteiger partial charge is 0.447 e. The van der Waals surface area contributed by atoms with Gasteiger partial charge < -0.3 is 14.2 Å². The SMILES string of the molecule is CC(SC1COC(/C=C/C=C/c2ccc(C#N)cc2F)OC1)[C@@](Cn1cncn1)(OC(=O)c1ccccc1)c1ccc(F)cc1F. The minimum Gasteiger partial charge on any atom is -0.447 e. The number of ether oxygens (including phenoxy) is 3. The highest BCUT2D eigenvalue weighted by atomic mass is 32.2. The molecule has 4 aromatic rings. The van der Waals surface area contributed by atoms with Gasteiger partial charge in [-0.3, -0.25) is 0 Å². The number of hydrogen-bond donors (Lipinski definition) is 0. The van der Waals surface area contributed by atoms with Gasteiger partial charge in [-0.05, 0) is 49.4 Å². The number of halogens is 3. The molecule has 0 bridgehead atoms. The second kappa shape index (κ2) is 15.1. The Labute approximate surface area is 268 Å². The van der Waals surface area contributed by atoms with Crippen molar-refractivity contribution >= 4 is 23.8 Å². The monoisotopic (exact) mass is 646 g/mol. The van der Waals surface area contributed by atoms with Crippen molar-refractivity contribution in [2.75, 3.05) is 13.2 Å². The summed E-state index contributed by atoms with van der Waals surface area (Å²) in [6, 6.07) is 17.6. The number of hydrogen-bond acceptors (Lipinski definition) is 8. The highest BCUT2D eigenvalue weighted by molar-refractivity contribution is 8.00. The Balaban J connectivity index is 1.32. The Hall–Kier alpha value is -4.70. The van der Waals surface area contributed by atoms with Crippen LogP contribution in [0.15, 0.2) is 97.6 Å². The molecule has 1 aliphatic heterocycles. The molecule has 0 amide bonds. The van der Waals surface area contributed by atoms with Gasteiger partial charge in [0.05, 0.1) is 42.2 Å². The van der Waals surface area contributed by atoms with Gasteiger partial charge in [-0.2, -0.15) is 10.4 Å². The van der Waals surface area contributed by atoms with Crippen LogP contribution >= 0.6 is 11.8 Å². The van der Waals surface area contributed by atoms with Gasteiger partial charge >= 0.3 is 5.97 Å². The van der Waals surface area contributed by atoms with Crippen LogP contribution in [-0.2, 0) is 26.4 Å². The molecule has 0 spiro atoms. The summed E-state index contributed by atoms with van der Waals surface area (Å²) < 4.78 is 63.1. The molecule has 8 nitrogen and oxygen atoms in total. The van der Waals surface area contributed by atoms with Gasteiger partial charge in [-0.1, -0.05) is 42.5 Å². The maximum atomic E-state index is 15.5. The maximum absolute atomic E-state index is 15.5. The van der Waals surface area contributed by atoms with E-state index in [9.17, 15) is 13.6 Å². The van der Waals surface area contributed by atoms with Gasteiger partial charge in [-0.15, -0.1) is 11.8 Å².